The van der Waals surface area contributed by atoms with Crippen LogP contribution in [0.4, 0.5) is 17.6 Å². The van der Waals surface area contributed by atoms with E-state index in [4.69, 9.17) is 5.11 Å². The highest BCUT2D eigenvalue weighted by molar-refractivity contribution is 5.72. The molecule has 15 heavy (non-hydrogen) atoms. The van der Waals surface area contributed by atoms with Gasteiger partial charge in [-0.2, -0.15) is 8.78 Å². The lowest BCUT2D eigenvalue weighted by Crippen LogP contribution is -2.38. The van der Waals surface area contributed by atoms with Gasteiger partial charge in [-0.3, -0.25) is 0 Å². The molecule has 1 N–H and O–H groups in total. The van der Waals surface area contributed by atoms with Crippen molar-refractivity contribution in [2.75, 3.05) is 20.3 Å². The van der Waals surface area contributed by atoms with Crippen molar-refractivity contribution in [3.8, 4) is 0 Å². The summed E-state index contributed by atoms with van der Waals surface area (Å²) in [6.45, 7) is -2.15. The molecule has 0 fully saturated rings. The molecule has 1 atom stereocenters. The first-order valence-electron chi connectivity index (χ1n) is 3.80. The maximum absolute atomic E-state index is 12.3. The molecule has 90 valence electrons. The third-order valence-corrected chi connectivity index (χ3v) is 1.39. The Kier molecular flexibility index (Phi) is 5.51. The number of halogens is 4. The van der Waals surface area contributed by atoms with Crippen LogP contribution in [0, 0.1) is 0 Å². The summed E-state index contributed by atoms with van der Waals surface area (Å²) in [7, 11) is 1.13. The van der Waals surface area contributed by atoms with Crippen LogP contribution in [-0.4, -0.2) is 49.9 Å². The Hall–Kier alpha value is -0.890. The van der Waals surface area contributed by atoms with Crippen molar-refractivity contribution in [3.63, 3.8) is 0 Å². The van der Waals surface area contributed by atoms with Crippen LogP contribution < -0.4 is 0 Å². The molecule has 0 rings (SSSR count). The monoisotopic (exact) mass is 234 g/mol. The van der Waals surface area contributed by atoms with E-state index < -0.39 is 37.6 Å². The summed E-state index contributed by atoms with van der Waals surface area (Å²) < 4.78 is 56.4. The van der Waals surface area contributed by atoms with E-state index in [1.165, 1.54) is 0 Å². The van der Waals surface area contributed by atoms with E-state index in [1.54, 1.807) is 0 Å². The van der Waals surface area contributed by atoms with Gasteiger partial charge in [-0.05, 0) is 0 Å². The molecule has 1 unspecified atom stereocenters. The SMILES string of the molecule is COCC(OCC(F)(F)C(F)F)C(=O)O. The molecule has 8 heteroatoms. The minimum absolute atomic E-state index is 0.491. The average Bonchev–Trinajstić information content (AvgIpc) is 2.11. The molecule has 0 saturated heterocycles. The van der Waals surface area contributed by atoms with E-state index in [-0.39, 0.29) is 0 Å². The Morgan fingerprint density at radius 2 is 2.00 bits per heavy atom. The fourth-order valence-electron chi connectivity index (χ4n) is 0.617. The standard InChI is InChI=1S/C7H10F4O4/c1-14-2-4(5(12)13)15-3-7(10,11)6(8)9/h4,6H,2-3H2,1H3,(H,12,13). The first-order chi connectivity index (χ1) is 6.81. The second-order valence-corrected chi connectivity index (χ2v) is 2.65. The molecule has 0 aromatic heterocycles. The van der Waals surface area contributed by atoms with Gasteiger partial charge in [-0.1, -0.05) is 0 Å². The quantitative estimate of drug-likeness (QED) is 0.668. The molecule has 0 radical (unpaired) electrons. The fraction of sp³-hybridized carbons (Fsp3) is 0.857. The Morgan fingerprint density at radius 3 is 2.33 bits per heavy atom. The third-order valence-electron chi connectivity index (χ3n) is 1.39. The van der Waals surface area contributed by atoms with Crippen LogP contribution in [0.3, 0.4) is 0 Å². The molecule has 0 heterocycles. The molecule has 0 aromatic rings. The van der Waals surface area contributed by atoms with Gasteiger partial charge >= 0.3 is 18.3 Å². The van der Waals surface area contributed by atoms with Crippen molar-refractivity contribution in [1.82, 2.24) is 0 Å². The van der Waals surface area contributed by atoms with Crippen molar-refractivity contribution in [2.24, 2.45) is 0 Å². The zero-order valence-corrected chi connectivity index (χ0v) is 7.75. The molecular formula is C7H10F4O4. The lowest BCUT2D eigenvalue weighted by atomic mass is 10.3. The molecule has 4 nitrogen and oxygen atoms in total. The van der Waals surface area contributed by atoms with Gasteiger partial charge in [-0.15, -0.1) is 0 Å². The third kappa shape index (κ3) is 4.93. The van der Waals surface area contributed by atoms with E-state index in [9.17, 15) is 22.4 Å². The summed E-state index contributed by atoms with van der Waals surface area (Å²) in [5.74, 6) is -5.91. The van der Waals surface area contributed by atoms with E-state index in [0.29, 0.717) is 0 Å². The van der Waals surface area contributed by atoms with Gasteiger partial charge in [0.25, 0.3) is 0 Å². The fourth-order valence-corrected chi connectivity index (χ4v) is 0.617. The zero-order chi connectivity index (χ0) is 12.1. The highest BCUT2D eigenvalue weighted by Gasteiger charge is 2.42. The van der Waals surface area contributed by atoms with Crippen LogP contribution in [0.2, 0.25) is 0 Å². The molecule has 0 spiro atoms. The van der Waals surface area contributed by atoms with Gasteiger partial charge in [0.2, 0.25) is 0 Å². The van der Waals surface area contributed by atoms with E-state index >= 15 is 0 Å². The normalized spacial score (nSPS) is 14.3. The number of rotatable bonds is 7. The summed E-state index contributed by atoms with van der Waals surface area (Å²) in [5.41, 5.74) is 0. The van der Waals surface area contributed by atoms with Crippen molar-refractivity contribution >= 4 is 5.97 Å². The Morgan fingerprint density at radius 1 is 1.47 bits per heavy atom. The molecule has 0 bridgehead atoms. The number of hydrogen-bond donors (Lipinski definition) is 1. The van der Waals surface area contributed by atoms with E-state index in [0.717, 1.165) is 7.11 Å². The largest absolute Gasteiger partial charge is 0.479 e. The molecular weight excluding hydrogens is 224 g/mol. The Labute approximate surface area is 82.8 Å². The predicted octanol–water partition coefficient (Wildman–Crippen LogP) is 1.00. The lowest BCUT2D eigenvalue weighted by molar-refractivity contribution is -0.189. The number of carboxylic acids is 1. The van der Waals surface area contributed by atoms with Crippen molar-refractivity contribution in [1.29, 1.82) is 0 Å². The summed E-state index contributed by atoms with van der Waals surface area (Å²) in [6, 6.07) is 0. The predicted molar refractivity (Wildman–Crippen MR) is 40.2 cm³/mol. The molecule has 0 aromatic carbocycles. The number of ether oxygens (including phenoxy) is 2. The summed E-state index contributed by atoms with van der Waals surface area (Å²) in [6.07, 6.45) is -5.57. The maximum atomic E-state index is 12.3. The van der Waals surface area contributed by atoms with Gasteiger partial charge in [-0.25, -0.2) is 13.6 Å². The van der Waals surface area contributed by atoms with Crippen molar-refractivity contribution in [3.05, 3.63) is 0 Å². The topological polar surface area (TPSA) is 55.8 Å². The number of alkyl halides is 4. The summed E-state index contributed by atoms with van der Waals surface area (Å²) in [5, 5.41) is 8.40. The smallest absolute Gasteiger partial charge is 0.335 e. The summed E-state index contributed by atoms with van der Waals surface area (Å²) >= 11 is 0. The summed E-state index contributed by atoms with van der Waals surface area (Å²) in [4.78, 5) is 10.3. The highest BCUT2D eigenvalue weighted by Crippen LogP contribution is 2.23. The first kappa shape index (κ1) is 14.1. The van der Waals surface area contributed by atoms with Crippen molar-refractivity contribution < 1.29 is 36.9 Å². The average molecular weight is 234 g/mol. The van der Waals surface area contributed by atoms with Gasteiger partial charge in [0.15, 0.2) is 6.10 Å². The van der Waals surface area contributed by atoms with Crippen LogP contribution in [0.1, 0.15) is 0 Å². The molecule has 0 aliphatic carbocycles. The Bertz CT molecular complexity index is 209. The van der Waals surface area contributed by atoms with Gasteiger partial charge in [0.05, 0.1) is 6.61 Å². The molecule has 0 aliphatic rings. The minimum atomic E-state index is -4.36. The van der Waals surface area contributed by atoms with Crippen LogP contribution in [-0.2, 0) is 14.3 Å². The van der Waals surface area contributed by atoms with Crippen LogP contribution in [0.5, 0.6) is 0 Å². The first-order valence-corrected chi connectivity index (χ1v) is 3.80. The number of carboxylic acid groups (broad SMARTS) is 1. The Balaban J connectivity index is 4.15. The van der Waals surface area contributed by atoms with Crippen LogP contribution >= 0.6 is 0 Å². The van der Waals surface area contributed by atoms with Gasteiger partial charge < -0.3 is 14.6 Å². The second kappa shape index (κ2) is 5.86. The van der Waals surface area contributed by atoms with E-state index in [2.05, 4.69) is 9.47 Å². The minimum Gasteiger partial charge on any atom is -0.479 e. The van der Waals surface area contributed by atoms with E-state index in [1.807, 2.05) is 0 Å². The van der Waals surface area contributed by atoms with Crippen LogP contribution in [0.25, 0.3) is 0 Å². The highest BCUT2D eigenvalue weighted by atomic mass is 19.3. The van der Waals surface area contributed by atoms with Crippen molar-refractivity contribution in [2.45, 2.75) is 18.5 Å². The maximum Gasteiger partial charge on any atom is 0.335 e. The molecule has 0 amide bonds. The lowest BCUT2D eigenvalue weighted by Gasteiger charge is -2.18. The number of aliphatic carboxylic acids is 1. The van der Waals surface area contributed by atoms with Gasteiger partial charge in [0, 0.05) is 7.11 Å². The number of carbonyl (C=O) groups is 1. The van der Waals surface area contributed by atoms with Gasteiger partial charge in [0.1, 0.15) is 6.61 Å². The number of methoxy groups -OCH3 is 1. The molecule has 0 saturated carbocycles. The second-order valence-electron chi connectivity index (χ2n) is 2.65. The molecule has 0 aliphatic heterocycles. The van der Waals surface area contributed by atoms with Crippen LogP contribution in [0.15, 0.2) is 0 Å². The zero-order valence-electron chi connectivity index (χ0n) is 7.75. The number of hydrogen-bond acceptors (Lipinski definition) is 3.